The number of aromatic nitrogens is 2. The maximum atomic E-state index is 12.7. The van der Waals surface area contributed by atoms with E-state index in [9.17, 15) is 4.79 Å². The number of benzene rings is 2. The molecule has 1 aromatic heterocycles. The van der Waals surface area contributed by atoms with Crippen LogP contribution in [-0.4, -0.2) is 21.7 Å². The molecule has 0 saturated heterocycles. The number of amides is 1. The van der Waals surface area contributed by atoms with Crippen molar-refractivity contribution in [2.75, 3.05) is 0 Å². The smallest absolute Gasteiger partial charge is 0.223 e. The third-order valence-electron chi connectivity index (χ3n) is 5.61. The molecule has 1 heterocycles. The average molecular weight is 389 g/mol. The topological polar surface area (TPSA) is 72.9 Å². The first-order valence-electron chi connectivity index (χ1n) is 10.4. The summed E-state index contributed by atoms with van der Waals surface area (Å²) in [4.78, 5) is 12.7. The lowest BCUT2D eigenvalue weighted by Crippen LogP contribution is -2.37. The number of rotatable bonds is 6. The van der Waals surface area contributed by atoms with E-state index in [4.69, 9.17) is 10.8 Å². The van der Waals surface area contributed by atoms with E-state index < -0.39 is 0 Å². The molecule has 5 nitrogen and oxygen atoms in total. The zero-order chi connectivity index (χ0) is 20.1. The Balaban J connectivity index is 1.52. The van der Waals surface area contributed by atoms with Crippen LogP contribution in [0.25, 0.3) is 11.3 Å². The second kappa shape index (κ2) is 9.05. The molecule has 0 radical (unpaired) electrons. The van der Waals surface area contributed by atoms with Gasteiger partial charge >= 0.3 is 0 Å². The Labute approximate surface area is 171 Å². The van der Waals surface area contributed by atoms with Crippen LogP contribution >= 0.6 is 0 Å². The Hall–Kier alpha value is -2.92. The first-order valence-corrected chi connectivity index (χ1v) is 10.4. The number of carbonyl (C=O) groups excluding carboxylic acids is 1. The van der Waals surface area contributed by atoms with E-state index in [0.29, 0.717) is 13.1 Å². The van der Waals surface area contributed by atoms with Gasteiger partial charge in [0.1, 0.15) is 0 Å². The number of nitrogens with one attached hydrogen (secondary N) is 1. The van der Waals surface area contributed by atoms with Crippen molar-refractivity contribution in [3.05, 3.63) is 78.0 Å². The Morgan fingerprint density at radius 1 is 1.07 bits per heavy atom. The van der Waals surface area contributed by atoms with Crippen molar-refractivity contribution in [3.63, 3.8) is 0 Å². The molecule has 1 aliphatic carbocycles. The molecule has 1 saturated carbocycles. The highest BCUT2D eigenvalue weighted by molar-refractivity contribution is 5.79. The molecule has 150 valence electrons. The molecule has 2 unspecified atom stereocenters. The number of carbonyl (C=O) groups is 1. The van der Waals surface area contributed by atoms with Crippen molar-refractivity contribution in [2.24, 2.45) is 11.7 Å². The van der Waals surface area contributed by atoms with Gasteiger partial charge in [-0.2, -0.15) is 5.10 Å². The lowest BCUT2D eigenvalue weighted by molar-refractivity contribution is -0.126. The van der Waals surface area contributed by atoms with Gasteiger partial charge in [-0.1, -0.05) is 67.1 Å². The molecule has 1 amide bonds. The lowest BCUT2D eigenvalue weighted by atomic mass is 9.85. The summed E-state index contributed by atoms with van der Waals surface area (Å²) >= 11 is 0. The highest BCUT2D eigenvalue weighted by Gasteiger charge is 2.25. The molecule has 0 spiro atoms. The third-order valence-corrected chi connectivity index (χ3v) is 5.61. The molecule has 4 rings (SSSR count). The van der Waals surface area contributed by atoms with Crippen LogP contribution in [0.2, 0.25) is 0 Å². The van der Waals surface area contributed by atoms with Gasteiger partial charge in [-0.3, -0.25) is 9.48 Å². The summed E-state index contributed by atoms with van der Waals surface area (Å²) < 4.78 is 1.95. The summed E-state index contributed by atoms with van der Waals surface area (Å²) in [7, 11) is 0. The molecular formula is C24H28N4O. The fourth-order valence-corrected chi connectivity index (χ4v) is 4.07. The zero-order valence-corrected chi connectivity index (χ0v) is 16.6. The normalized spacial score (nSPS) is 19.1. The second-order valence-electron chi connectivity index (χ2n) is 7.89. The van der Waals surface area contributed by atoms with Crippen molar-refractivity contribution in [1.29, 1.82) is 0 Å². The molecular weight excluding hydrogens is 360 g/mol. The number of nitrogens with zero attached hydrogens (tertiary/aromatic N) is 2. The average Bonchev–Trinajstić information content (AvgIpc) is 3.16. The Kier molecular flexibility index (Phi) is 6.06. The van der Waals surface area contributed by atoms with Gasteiger partial charge < -0.3 is 11.1 Å². The van der Waals surface area contributed by atoms with Gasteiger partial charge in [-0.25, -0.2) is 0 Å². The zero-order valence-electron chi connectivity index (χ0n) is 16.6. The number of hydrogen-bond donors (Lipinski definition) is 2. The number of nitrogens with two attached hydrogens (primary N) is 1. The van der Waals surface area contributed by atoms with Crippen LogP contribution in [-0.2, 0) is 17.9 Å². The molecule has 5 heteroatoms. The largest absolute Gasteiger partial charge is 0.352 e. The molecule has 2 atom stereocenters. The van der Waals surface area contributed by atoms with Crippen LogP contribution < -0.4 is 11.1 Å². The number of hydrogen-bond acceptors (Lipinski definition) is 3. The van der Waals surface area contributed by atoms with Crippen LogP contribution in [0.15, 0.2) is 66.9 Å². The van der Waals surface area contributed by atoms with Crippen molar-refractivity contribution in [3.8, 4) is 11.3 Å². The molecule has 3 aromatic rings. The SMILES string of the molecule is NC1CCCC(C(=O)NCc2cn(Cc3ccccc3)nc2-c2ccccc2)C1. The molecule has 0 bridgehead atoms. The van der Waals surface area contributed by atoms with Crippen molar-refractivity contribution in [2.45, 2.75) is 44.8 Å². The van der Waals surface area contributed by atoms with Crippen LogP contribution in [0.5, 0.6) is 0 Å². The van der Waals surface area contributed by atoms with E-state index >= 15 is 0 Å². The predicted molar refractivity (Wildman–Crippen MR) is 115 cm³/mol. The van der Waals surface area contributed by atoms with Crippen molar-refractivity contribution < 1.29 is 4.79 Å². The molecule has 1 fully saturated rings. The molecule has 3 N–H and O–H groups in total. The monoisotopic (exact) mass is 388 g/mol. The summed E-state index contributed by atoms with van der Waals surface area (Å²) in [5, 5.41) is 7.95. The van der Waals surface area contributed by atoms with E-state index in [0.717, 1.165) is 42.5 Å². The highest BCUT2D eigenvalue weighted by Crippen LogP contribution is 2.25. The predicted octanol–water partition coefficient (Wildman–Crippen LogP) is 3.73. The minimum atomic E-state index is 0.0262. The van der Waals surface area contributed by atoms with E-state index in [1.165, 1.54) is 5.56 Å². The van der Waals surface area contributed by atoms with Gasteiger partial charge in [0.2, 0.25) is 5.91 Å². The van der Waals surface area contributed by atoms with Crippen LogP contribution in [0.3, 0.4) is 0 Å². The Morgan fingerprint density at radius 2 is 1.79 bits per heavy atom. The van der Waals surface area contributed by atoms with Gasteiger partial charge in [0.25, 0.3) is 0 Å². The van der Waals surface area contributed by atoms with E-state index in [1.54, 1.807) is 0 Å². The van der Waals surface area contributed by atoms with Gasteiger partial charge in [0.15, 0.2) is 0 Å². The summed E-state index contributed by atoms with van der Waals surface area (Å²) in [5.74, 6) is 0.133. The fourth-order valence-electron chi connectivity index (χ4n) is 4.07. The van der Waals surface area contributed by atoms with Gasteiger partial charge in [-0.15, -0.1) is 0 Å². The molecule has 29 heavy (non-hydrogen) atoms. The maximum absolute atomic E-state index is 12.7. The second-order valence-corrected chi connectivity index (χ2v) is 7.89. The molecule has 1 aliphatic rings. The van der Waals surface area contributed by atoms with E-state index in [1.807, 2.05) is 47.3 Å². The standard InChI is InChI=1S/C24H28N4O/c25-22-13-7-12-20(14-22)24(29)26-15-21-17-28(16-18-8-3-1-4-9-18)27-23(21)19-10-5-2-6-11-19/h1-6,8-11,17,20,22H,7,12-16,25H2,(H,26,29). The first kappa shape index (κ1) is 19.4. The van der Waals surface area contributed by atoms with Crippen LogP contribution in [0.1, 0.15) is 36.8 Å². The third kappa shape index (κ3) is 4.93. The molecule has 0 aliphatic heterocycles. The molecule has 2 aromatic carbocycles. The lowest BCUT2D eigenvalue weighted by Gasteiger charge is -2.25. The fraction of sp³-hybridized carbons (Fsp3) is 0.333. The van der Waals surface area contributed by atoms with E-state index in [2.05, 4.69) is 29.6 Å². The summed E-state index contributed by atoms with van der Waals surface area (Å²) in [6, 6.07) is 20.6. The first-order chi connectivity index (χ1) is 14.2. The van der Waals surface area contributed by atoms with Gasteiger partial charge in [0, 0.05) is 35.8 Å². The highest BCUT2D eigenvalue weighted by atomic mass is 16.1. The van der Waals surface area contributed by atoms with Gasteiger partial charge in [0.05, 0.1) is 12.2 Å². The minimum absolute atomic E-state index is 0.0262. The maximum Gasteiger partial charge on any atom is 0.223 e. The summed E-state index contributed by atoms with van der Waals surface area (Å²) in [5.41, 5.74) is 10.3. The quantitative estimate of drug-likeness (QED) is 0.676. The summed E-state index contributed by atoms with van der Waals surface area (Å²) in [6.07, 6.45) is 5.81. The van der Waals surface area contributed by atoms with Crippen LogP contribution in [0, 0.1) is 5.92 Å². The van der Waals surface area contributed by atoms with Gasteiger partial charge in [-0.05, 0) is 24.8 Å². The Morgan fingerprint density at radius 3 is 2.52 bits per heavy atom. The van der Waals surface area contributed by atoms with E-state index in [-0.39, 0.29) is 17.9 Å². The summed E-state index contributed by atoms with van der Waals surface area (Å²) in [6.45, 7) is 1.18. The van der Waals surface area contributed by atoms with Crippen molar-refractivity contribution >= 4 is 5.91 Å². The Bertz CT molecular complexity index is 936. The minimum Gasteiger partial charge on any atom is -0.352 e. The van der Waals surface area contributed by atoms with Crippen molar-refractivity contribution in [1.82, 2.24) is 15.1 Å². The van der Waals surface area contributed by atoms with Crippen LogP contribution in [0.4, 0.5) is 0 Å².